The molecular formula is C25H27N3O5S. The highest BCUT2D eigenvalue weighted by Gasteiger charge is 2.46. The van der Waals surface area contributed by atoms with Crippen molar-refractivity contribution in [2.45, 2.75) is 38.0 Å². The predicted octanol–water partition coefficient (Wildman–Crippen LogP) is 3.38. The van der Waals surface area contributed by atoms with Crippen LogP contribution in [0.1, 0.15) is 30.4 Å². The van der Waals surface area contributed by atoms with E-state index < -0.39 is 15.9 Å². The molecule has 0 aromatic heterocycles. The van der Waals surface area contributed by atoms with Crippen molar-refractivity contribution in [3.63, 3.8) is 0 Å². The third-order valence-electron chi connectivity index (χ3n) is 6.19. The van der Waals surface area contributed by atoms with E-state index in [1.54, 1.807) is 37.3 Å². The summed E-state index contributed by atoms with van der Waals surface area (Å²) >= 11 is 0. The van der Waals surface area contributed by atoms with Gasteiger partial charge in [-0.05, 0) is 62.1 Å². The highest BCUT2D eigenvalue weighted by Crippen LogP contribution is 2.35. The molecule has 1 aliphatic carbocycles. The van der Waals surface area contributed by atoms with Crippen molar-refractivity contribution in [2.24, 2.45) is 11.8 Å². The van der Waals surface area contributed by atoms with E-state index in [1.807, 2.05) is 25.1 Å². The molecule has 2 aromatic carbocycles. The monoisotopic (exact) mass is 481 g/mol. The number of fused-ring (bicyclic) bond motifs is 1. The van der Waals surface area contributed by atoms with Crippen LogP contribution < -0.4 is 10.0 Å². The summed E-state index contributed by atoms with van der Waals surface area (Å²) in [7, 11) is -3.88. The predicted molar refractivity (Wildman–Crippen MR) is 128 cm³/mol. The van der Waals surface area contributed by atoms with Gasteiger partial charge in [-0.3, -0.25) is 24.0 Å². The number of amides is 3. The number of sulfonamides is 1. The quantitative estimate of drug-likeness (QED) is 0.465. The van der Waals surface area contributed by atoms with Gasteiger partial charge < -0.3 is 5.32 Å². The van der Waals surface area contributed by atoms with Gasteiger partial charge in [0.15, 0.2) is 0 Å². The molecule has 1 fully saturated rings. The second-order valence-corrected chi connectivity index (χ2v) is 10.4. The fourth-order valence-electron chi connectivity index (χ4n) is 4.41. The summed E-state index contributed by atoms with van der Waals surface area (Å²) in [5.41, 5.74) is 2.22. The van der Waals surface area contributed by atoms with Crippen LogP contribution in [0.25, 0.3) is 0 Å². The Morgan fingerprint density at radius 3 is 2.29 bits per heavy atom. The van der Waals surface area contributed by atoms with Crippen molar-refractivity contribution in [1.29, 1.82) is 0 Å². The summed E-state index contributed by atoms with van der Waals surface area (Å²) < 4.78 is 28.5. The number of likely N-dealkylation sites (tertiary alicyclic amines) is 1. The molecule has 0 bridgehead atoms. The molecule has 178 valence electrons. The second-order valence-electron chi connectivity index (χ2n) is 8.74. The van der Waals surface area contributed by atoms with Gasteiger partial charge in [0, 0.05) is 24.3 Å². The number of carbonyl (C=O) groups excluding carboxylic acids is 3. The lowest BCUT2D eigenvalue weighted by Gasteiger charge is -2.15. The molecule has 1 aliphatic heterocycles. The normalized spacial score (nSPS) is 19.8. The van der Waals surface area contributed by atoms with Crippen LogP contribution in [0.3, 0.4) is 0 Å². The average molecular weight is 482 g/mol. The lowest BCUT2D eigenvalue weighted by molar-refractivity contribution is -0.140. The van der Waals surface area contributed by atoms with Gasteiger partial charge in [0.25, 0.3) is 10.0 Å². The summed E-state index contributed by atoms with van der Waals surface area (Å²) in [6, 6.07) is 11.7. The number of allylic oxidation sites excluding steroid dienone is 2. The number of imide groups is 1. The fraction of sp³-hybridized carbons (Fsp3) is 0.320. The minimum absolute atomic E-state index is 0.00241. The van der Waals surface area contributed by atoms with Crippen LogP contribution in [0.4, 0.5) is 11.4 Å². The van der Waals surface area contributed by atoms with Crippen molar-refractivity contribution in [2.75, 3.05) is 16.6 Å². The van der Waals surface area contributed by atoms with Crippen LogP contribution in [0.5, 0.6) is 0 Å². The van der Waals surface area contributed by atoms with Crippen molar-refractivity contribution in [3.05, 3.63) is 65.7 Å². The number of anilines is 2. The third-order valence-corrected chi connectivity index (χ3v) is 7.72. The van der Waals surface area contributed by atoms with Gasteiger partial charge in [0.05, 0.1) is 16.7 Å². The number of rotatable bonds is 7. The van der Waals surface area contributed by atoms with E-state index in [-0.39, 0.29) is 41.5 Å². The van der Waals surface area contributed by atoms with Crippen LogP contribution in [-0.2, 0) is 24.4 Å². The zero-order chi connectivity index (χ0) is 24.5. The molecule has 0 unspecified atom stereocenters. The van der Waals surface area contributed by atoms with Gasteiger partial charge in [-0.1, -0.05) is 30.4 Å². The molecule has 34 heavy (non-hydrogen) atoms. The molecule has 2 aliphatic rings. The van der Waals surface area contributed by atoms with E-state index in [2.05, 4.69) is 10.0 Å². The Morgan fingerprint density at radius 1 is 0.971 bits per heavy atom. The number of hydrogen-bond acceptors (Lipinski definition) is 5. The summed E-state index contributed by atoms with van der Waals surface area (Å²) in [6.45, 7) is 3.55. The van der Waals surface area contributed by atoms with Gasteiger partial charge >= 0.3 is 0 Å². The highest BCUT2D eigenvalue weighted by atomic mass is 32.2. The van der Waals surface area contributed by atoms with E-state index in [9.17, 15) is 22.8 Å². The molecule has 2 aromatic rings. The first-order valence-corrected chi connectivity index (χ1v) is 12.6. The second kappa shape index (κ2) is 9.42. The van der Waals surface area contributed by atoms with E-state index in [4.69, 9.17) is 0 Å². The van der Waals surface area contributed by atoms with Crippen molar-refractivity contribution in [1.82, 2.24) is 4.90 Å². The Labute approximate surface area is 199 Å². The molecule has 2 atom stereocenters. The molecule has 2 N–H and O–H groups in total. The molecule has 9 heteroatoms. The number of nitrogens with zero attached hydrogens (tertiary/aromatic N) is 1. The molecule has 0 saturated carbocycles. The zero-order valence-corrected chi connectivity index (χ0v) is 19.9. The van der Waals surface area contributed by atoms with Gasteiger partial charge in [0.1, 0.15) is 0 Å². The van der Waals surface area contributed by atoms with Crippen molar-refractivity contribution >= 4 is 39.1 Å². The average Bonchev–Trinajstić information content (AvgIpc) is 3.03. The Balaban J connectivity index is 1.41. The van der Waals surface area contributed by atoms with Crippen molar-refractivity contribution in [3.8, 4) is 0 Å². The fourth-order valence-corrected chi connectivity index (χ4v) is 5.73. The van der Waals surface area contributed by atoms with E-state index in [1.165, 1.54) is 11.0 Å². The molecule has 1 heterocycles. The number of carbonyl (C=O) groups is 3. The van der Waals surface area contributed by atoms with E-state index >= 15 is 0 Å². The molecular weight excluding hydrogens is 454 g/mol. The minimum Gasteiger partial charge on any atom is -0.326 e. The smallest absolute Gasteiger partial charge is 0.262 e. The molecule has 8 nitrogen and oxygen atoms in total. The number of aryl methyl sites for hydroxylation is 2. The standard InChI is InChI=1S/C25H27N3O5S/c1-16-6-5-7-19(14-16)27-34(32,33)22-15-18(11-10-17(22)2)26-23(29)12-13-28-24(30)20-8-3-4-9-21(20)25(28)31/h3-7,10-11,14-15,20-21,27H,8-9,12-13H2,1-2H3,(H,26,29)/t20-,21+. The first-order chi connectivity index (χ1) is 16.2. The SMILES string of the molecule is Cc1cccc(NS(=O)(=O)c2cc(NC(=O)CCN3C(=O)[C@H]4CC=CC[C@H]4C3=O)ccc2C)c1. The maximum absolute atomic E-state index is 13.0. The van der Waals surface area contributed by atoms with Crippen LogP contribution in [0.2, 0.25) is 0 Å². The molecule has 4 rings (SSSR count). The van der Waals surface area contributed by atoms with Gasteiger partial charge in [-0.2, -0.15) is 0 Å². The maximum atomic E-state index is 13.0. The Hall–Kier alpha value is -3.46. The van der Waals surface area contributed by atoms with E-state index in [0.717, 1.165) is 5.56 Å². The highest BCUT2D eigenvalue weighted by molar-refractivity contribution is 7.92. The lowest BCUT2D eigenvalue weighted by atomic mass is 9.85. The number of nitrogens with one attached hydrogen (secondary N) is 2. The zero-order valence-electron chi connectivity index (χ0n) is 19.1. The van der Waals surface area contributed by atoms with E-state index in [0.29, 0.717) is 29.8 Å². The topological polar surface area (TPSA) is 113 Å². The summed E-state index contributed by atoms with van der Waals surface area (Å²) in [6.07, 6.45) is 4.87. The van der Waals surface area contributed by atoms with Gasteiger partial charge in [-0.25, -0.2) is 8.42 Å². The van der Waals surface area contributed by atoms with Gasteiger partial charge in [0.2, 0.25) is 17.7 Å². The molecule has 3 amide bonds. The van der Waals surface area contributed by atoms with Crippen LogP contribution >= 0.6 is 0 Å². The van der Waals surface area contributed by atoms with Crippen LogP contribution in [0, 0.1) is 25.7 Å². The molecule has 1 saturated heterocycles. The lowest BCUT2D eigenvalue weighted by Crippen LogP contribution is -2.34. The first kappa shape index (κ1) is 23.7. The minimum atomic E-state index is -3.88. The van der Waals surface area contributed by atoms with Crippen molar-refractivity contribution < 1.29 is 22.8 Å². The first-order valence-electron chi connectivity index (χ1n) is 11.2. The summed E-state index contributed by atoms with van der Waals surface area (Å²) in [5.74, 6) is -1.51. The third kappa shape index (κ3) is 4.89. The summed E-state index contributed by atoms with van der Waals surface area (Å²) in [5, 5.41) is 2.68. The van der Waals surface area contributed by atoms with Crippen LogP contribution in [0.15, 0.2) is 59.5 Å². The molecule has 0 spiro atoms. The van der Waals surface area contributed by atoms with Gasteiger partial charge in [-0.15, -0.1) is 0 Å². The summed E-state index contributed by atoms with van der Waals surface area (Å²) in [4.78, 5) is 38.9. The van der Waals surface area contributed by atoms with Crippen LogP contribution in [-0.4, -0.2) is 37.6 Å². The Kier molecular flexibility index (Phi) is 6.56. The number of hydrogen-bond donors (Lipinski definition) is 2. The maximum Gasteiger partial charge on any atom is 0.262 e. The Bertz CT molecular complexity index is 1260. The largest absolute Gasteiger partial charge is 0.326 e. The molecule has 0 radical (unpaired) electrons. The Morgan fingerprint density at radius 2 is 1.65 bits per heavy atom. The number of benzene rings is 2.